The lowest BCUT2D eigenvalue weighted by molar-refractivity contribution is -0.163. The average Bonchev–Trinajstić information content (AvgIpc) is 2.46. The number of aliphatic hydroxyl groups is 1. The first-order valence-electron chi connectivity index (χ1n) is 6.90. The third kappa shape index (κ3) is 3.62. The molecule has 1 unspecified atom stereocenters. The van der Waals surface area contributed by atoms with E-state index in [0.717, 1.165) is 0 Å². The molecule has 2 rings (SSSR count). The van der Waals surface area contributed by atoms with Crippen LogP contribution >= 0.6 is 0 Å². The molecule has 0 bridgehead atoms. The van der Waals surface area contributed by atoms with E-state index in [9.17, 15) is 33.0 Å². The first kappa shape index (κ1) is 17.7. The van der Waals surface area contributed by atoms with Gasteiger partial charge in [-0.15, -0.1) is 0 Å². The highest BCUT2D eigenvalue weighted by Crippen LogP contribution is 2.31. The monoisotopic (exact) mass is 338 g/mol. The zero-order chi connectivity index (χ0) is 17.9. The van der Waals surface area contributed by atoms with Crippen LogP contribution in [0.25, 0.3) is 0 Å². The first-order valence-corrected chi connectivity index (χ1v) is 6.90. The van der Waals surface area contributed by atoms with Gasteiger partial charge in [-0.3, -0.25) is 4.79 Å². The van der Waals surface area contributed by atoms with Gasteiger partial charge in [0.2, 0.25) is 0 Å². The number of hydrogen-bond acceptors (Lipinski definition) is 3. The number of carbonyl (C=O) groups excluding carboxylic acids is 1. The smallest absolute Gasteiger partial charge is 0.341 e. The Kier molecular flexibility index (Phi) is 5.04. The van der Waals surface area contributed by atoms with Crippen molar-refractivity contribution in [2.75, 3.05) is 0 Å². The Morgan fingerprint density at radius 1 is 1.00 bits per heavy atom. The van der Waals surface area contributed by atoms with Gasteiger partial charge in [0.05, 0.1) is 12.0 Å². The molecule has 126 valence electrons. The number of carbonyl (C=O) groups is 2. The highest BCUT2D eigenvalue weighted by molar-refractivity contribution is 5.90. The zero-order valence-electron chi connectivity index (χ0n) is 12.3. The van der Waals surface area contributed by atoms with Gasteiger partial charge < -0.3 is 10.2 Å². The molecule has 0 saturated heterocycles. The topological polar surface area (TPSA) is 74.6 Å². The molecule has 2 aromatic rings. The normalized spacial score (nSPS) is 13.3. The second kappa shape index (κ2) is 6.84. The summed E-state index contributed by atoms with van der Waals surface area (Å²) < 4.78 is 40.6. The number of carboxylic acids is 1. The molecule has 2 N–H and O–H groups in total. The van der Waals surface area contributed by atoms with Gasteiger partial charge in [0.25, 0.3) is 0 Å². The van der Waals surface area contributed by atoms with Crippen LogP contribution in [-0.4, -0.2) is 22.0 Å². The van der Waals surface area contributed by atoms with E-state index in [2.05, 4.69) is 0 Å². The fourth-order valence-electron chi connectivity index (χ4n) is 2.38. The van der Waals surface area contributed by atoms with Gasteiger partial charge in [0, 0.05) is 18.6 Å². The van der Waals surface area contributed by atoms with Crippen LogP contribution in [0, 0.1) is 17.5 Å². The molecule has 0 heterocycles. The molecule has 7 heteroatoms. The fraction of sp³-hybridized carbons (Fsp3) is 0.176. The lowest BCUT2D eigenvalue weighted by Crippen LogP contribution is -2.40. The summed E-state index contributed by atoms with van der Waals surface area (Å²) >= 11 is 0. The van der Waals surface area contributed by atoms with Crippen molar-refractivity contribution in [2.24, 2.45) is 0 Å². The van der Waals surface area contributed by atoms with Crippen LogP contribution in [-0.2, 0) is 21.6 Å². The van der Waals surface area contributed by atoms with Crippen molar-refractivity contribution in [2.45, 2.75) is 18.4 Å². The number of rotatable bonds is 6. The Morgan fingerprint density at radius 2 is 1.54 bits per heavy atom. The molecule has 0 aliphatic heterocycles. The van der Waals surface area contributed by atoms with Crippen molar-refractivity contribution in [1.29, 1.82) is 0 Å². The Hall–Kier alpha value is -2.67. The maximum absolute atomic E-state index is 13.8. The summed E-state index contributed by atoms with van der Waals surface area (Å²) in [5.74, 6) is -7.17. The van der Waals surface area contributed by atoms with E-state index in [1.54, 1.807) is 30.3 Å². The van der Waals surface area contributed by atoms with Gasteiger partial charge in [-0.05, 0) is 5.56 Å². The molecule has 0 aromatic heterocycles. The number of ketones is 1. The number of benzene rings is 2. The van der Waals surface area contributed by atoms with E-state index < -0.39 is 46.8 Å². The molecule has 0 aliphatic rings. The second-order valence-corrected chi connectivity index (χ2v) is 5.29. The highest BCUT2D eigenvalue weighted by atomic mass is 19.1. The van der Waals surface area contributed by atoms with E-state index in [0.29, 0.717) is 5.56 Å². The third-order valence-corrected chi connectivity index (χ3v) is 3.47. The Morgan fingerprint density at radius 3 is 2.04 bits per heavy atom. The molecule has 0 radical (unpaired) electrons. The molecule has 0 spiro atoms. The zero-order valence-corrected chi connectivity index (χ0v) is 12.3. The summed E-state index contributed by atoms with van der Waals surface area (Å²) in [6.07, 6.45) is -1.28. The van der Waals surface area contributed by atoms with Crippen molar-refractivity contribution in [3.8, 4) is 0 Å². The summed E-state index contributed by atoms with van der Waals surface area (Å²) in [7, 11) is 0. The largest absolute Gasteiger partial charge is 0.479 e. The molecule has 0 aliphatic carbocycles. The lowest BCUT2D eigenvalue weighted by Gasteiger charge is -2.24. The van der Waals surface area contributed by atoms with Crippen molar-refractivity contribution in [3.05, 3.63) is 71.0 Å². The van der Waals surface area contributed by atoms with Gasteiger partial charge in [0.1, 0.15) is 23.2 Å². The minimum Gasteiger partial charge on any atom is -0.479 e. The summed E-state index contributed by atoms with van der Waals surface area (Å²) in [5.41, 5.74) is -3.85. The van der Waals surface area contributed by atoms with Crippen LogP contribution in [0.4, 0.5) is 13.2 Å². The number of Topliss-reactive ketones (excluding diaryl/α,β-unsaturated/α-hetero) is 1. The average molecular weight is 338 g/mol. The molecule has 0 saturated carbocycles. The quantitative estimate of drug-likeness (QED) is 0.849. The van der Waals surface area contributed by atoms with Crippen molar-refractivity contribution in [3.63, 3.8) is 0 Å². The first-order chi connectivity index (χ1) is 11.2. The standard InChI is InChI=1S/C17H13F3O4/c18-11-7-13(19)15(14(20)8-11)17(24,16(22)23)9-12(21)6-10-4-2-1-3-5-10/h1-5,7-8,24H,6,9H2,(H,22,23). The van der Waals surface area contributed by atoms with Crippen LogP contribution in [0.3, 0.4) is 0 Å². The second-order valence-electron chi connectivity index (χ2n) is 5.29. The summed E-state index contributed by atoms with van der Waals surface area (Å²) in [6, 6.07) is 8.73. The molecule has 24 heavy (non-hydrogen) atoms. The predicted molar refractivity (Wildman–Crippen MR) is 77.6 cm³/mol. The van der Waals surface area contributed by atoms with E-state index in [1.807, 2.05) is 0 Å². The van der Waals surface area contributed by atoms with Crippen molar-refractivity contribution >= 4 is 11.8 Å². The fourth-order valence-corrected chi connectivity index (χ4v) is 2.38. The van der Waals surface area contributed by atoms with Gasteiger partial charge in [-0.1, -0.05) is 30.3 Å². The highest BCUT2D eigenvalue weighted by Gasteiger charge is 2.44. The molecule has 0 amide bonds. The Bertz CT molecular complexity index is 754. The Balaban J connectivity index is 2.35. The maximum Gasteiger partial charge on any atom is 0.341 e. The molecule has 1 atom stereocenters. The van der Waals surface area contributed by atoms with Gasteiger partial charge in [-0.2, -0.15) is 0 Å². The van der Waals surface area contributed by atoms with Crippen molar-refractivity contribution in [1.82, 2.24) is 0 Å². The van der Waals surface area contributed by atoms with E-state index in [-0.39, 0.29) is 18.6 Å². The SMILES string of the molecule is O=C(Cc1ccccc1)CC(O)(C(=O)O)c1c(F)cc(F)cc1F. The van der Waals surface area contributed by atoms with Crippen molar-refractivity contribution < 1.29 is 33.0 Å². The van der Waals surface area contributed by atoms with Gasteiger partial charge in [0.15, 0.2) is 5.60 Å². The van der Waals surface area contributed by atoms with Gasteiger partial charge >= 0.3 is 5.97 Å². The number of halogens is 3. The molecule has 4 nitrogen and oxygen atoms in total. The van der Waals surface area contributed by atoms with E-state index >= 15 is 0 Å². The maximum atomic E-state index is 13.8. The Labute approximate surface area is 135 Å². The predicted octanol–water partition coefficient (Wildman–Crippen LogP) is 2.58. The van der Waals surface area contributed by atoms with Crippen LogP contribution in [0.1, 0.15) is 17.5 Å². The number of carboxylic acid groups (broad SMARTS) is 1. The molecule has 2 aromatic carbocycles. The number of hydrogen-bond donors (Lipinski definition) is 2. The van der Waals surface area contributed by atoms with Crippen LogP contribution in [0.5, 0.6) is 0 Å². The molecular formula is C17H13F3O4. The lowest BCUT2D eigenvalue weighted by atomic mass is 9.86. The van der Waals surface area contributed by atoms with Crippen LogP contribution in [0.15, 0.2) is 42.5 Å². The van der Waals surface area contributed by atoms with Crippen LogP contribution < -0.4 is 0 Å². The summed E-state index contributed by atoms with van der Waals surface area (Å²) in [4.78, 5) is 23.4. The number of aliphatic carboxylic acids is 1. The summed E-state index contributed by atoms with van der Waals surface area (Å²) in [5, 5.41) is 19.4. The minimum absolute atomic E-state index is 0.221. The van der Waals surface area contributed by atoms with E-state index in [1.165, 1.54) is 0 Å². The third-order valence-electron chi connectivity index (χ3n) is 3.47. The van der Waals surface area contributed by atoms with Gasteiger partial charge in [-0.25, -0.2) is 18.0 Å². The molecular weight excluding hydrogens is 325 g/mol. The minimum atomic E-state index is -3.13. The molecule has 0 fully saturated rings. The summed E-state index contributed by atoms with van der Waals surface area (Å²) in [6.45, 7) is 0. The van der Waals surface area contributed by atoms with E-state index in [4.69, 9.17) is 0 Å². The van der Waals surface area contributed by atoms with Crippen LogP contribution in [0.2, 0.25) is 0 Å².